The maximum atomic E-state index is 14.8. The molecule has 0 amide bonds. The van der Waals surface area contributed by atoms with Gasteiger partial charge in [0.2, 0.25) is 0 Å². The van der Waals surface area contributed by atoms with Crippen molar-refractivity contribution in [3.63, 3.8) is 0 Å². The zero-order valence-electron chi connectivity index (χ0n) is 20.7. The van der Waals surface area contributed by atoms with E-state index in [-0.39, 0.29) is 11.1 Å². The van der Waals surface area contributed by atoms with E-state index in [1.807, 2.05) is 0 Å². The largest absolute Gasteiger partial charge is 0.460 e. The Bertz CT molecular complexity index is 1240. The Hall–Kier alpha value is -2.79. The standard InChI is InChI=1S/C24H17F17O/c1-16(42-2,15-11-7-6-10-14(15)13-8-4-3-5-9-13)12-17(25,26)18(27,28)19(29,30)20(31,32)21(33,34)22(35,36)23(37,38)24(39,40)41/h3-11H,12H2,1-2H3. The summed E-state index contributed by atoms with van der Waals surface area (Å²) in [7, 11) is 0.566. The molecule has 2 aromatic rings. The fraction of sp³-hybridized carbons (Fsp3) is 0.500. The molecule has 0 aliphatic rings. The SMILES string of the molecule is COC(C)(CC(F)(F)C(F)(F)C(F)(F)C(F)(F)C(F)(F)C(F)(F)C(F)(F)C(F)(F)F)c1ccccc1-c1ccccc1. The summed E-state index contributed by atoms with van der Waals surface area (Å²) in [6, 6.07) is 11.6. The Balaban J connectivity index is 2.65. The van der Waals surface area contributed by atoms with Crippen molar-refractivity contribution in [3.8, 4) is 11.1 Å². The second-order valence-corrected chi connectivity index (χ2v) is 9.17. The third kappa shape index (κ3) is 5.06. The number of hydrogen-bond acceptors (Lipinski definition) is 1. The van der Waals surface area contributed by atoms with Crippen LogP contribution in [0.2, 0.25) is 0 Å². The number of benzene rings is 2. The molecule has 1 nitrogen and oxygen atoms in total. The minimum atomic E-state index is -8.67. The molecule has 0 fully saturated rings. The first-order chi connectivity index (χ1) is 18.6. The van der Waals surface area contributed by atoms with E-state index >= 15 is 0 Å². The highest BCUT2D eigenvalue weighted by Gasteiger charge is 2.95. The van der Waals surface area contributed by atoms with Gasteiger partial charge in [-0.05, 0) is 23.6 Å². The normalized spacial score (nSPS) is 16.4. The van der Waals surface area contributed by atoms with Gasteiger partial charge in [0.25, 0.3) is 0 Å². The first-order valence-corrected chi connectivity index (χ1v) is 11.0. The summed E-state index contributed by atoms with van der Waals surface area (Å²) in [5, 5.41) is 0. The fourth-order valence-electron chi connectivity index (χ4n) is 3.82. The highest BCUT2D eigenvalue weighted by Crippen LogP contribution is 2.64. The highest BCUT2D eigenvalue weighted by molar-refractivity contribution is 5.68. The van der Waals surface area contributed by atoms with Crippen molar-refractivity contribution in [1.29, 1.82) is 0 Å². The van der Waals surface area contributed by atoms with Crippen molar-refractivity contribution in [1.82, 2.24) is 0 Å². The average molecular weight is 644 g/mol. The number of halogens is 17. The van der Waals surface area contributed by atoms with Gasteiger partial charge in [0, 0.05) is 7.11 Å². The third-order valence-electron chi connectivity index (χ3n) is 6.38. The zero-order valence-corrected chi connectivity index (χ0v) is 20.7. The lowest BCUT2D eigenvalue weighted by atomic mass is 9.80. The van der Waals surface area contributed by atoms with Crippen LogP contribution in [0.15, 0.2) is 54.6 Å². The molecule has 0 saturated heterocycles. The van der Waals surface area contributed by atoms with Crippen LogP contribution < -0.4 is 0 Å². The first-order valence-electron chi connectivity index (χ1n) is 11.0. The van der Waals surface area contributed by atoms with E-state index in [0.29, 0.717) is 14.0 Å². The molecule has 0 aromatic heterocycles. The lowest BCUT2D eigenvalue weighted by Crippen LogP contribution is -2.74. The molecule has 2 aromatic carbocycles. The van der Waals surface area contributed by atoms with Crippen LogP contribution in [0, 0.1) is 0 Å². The topological polar surface area (TPSA) is 9.23 Å². The molecular weight excluding hydrogens is 627 g/mol. The van der Waals surface area contributed by atoms with E-state index in [1.165, 1.54) is 42.5 Å². The van der Waals surface area contributed by atoms with Crippen LogP contribution in [-0.4, -0.2) is 54.7 Å². The van der Waals surface area contributed by atoms with Gasteiger partial charge in [-0.15, -0.1) is 0 Å². The second kappa shape index (κ2) is 10.4. The van der Waals surface area contributed by atoms with Crippen LogP contribution in [0.3, 0.4) is 0 Å². The summed E-state index contributed by atoms with van der Waals surface area (Å²) in [5.74, 6) is -56.8. The van der Waals surface area contributed by atoms with Crippen molar-refractivity contribution in [3.05, 3.63) is 60.2 Å². The van der Waals surface area contributed by atoms with Gasteiger partial charge in [-0.3, -0.25) is 0 Å². The number of methoxy groups -OCH3 is 1. The van der Waals surface area contributed by atoms with Crippen LogP contribution in [0.4, 0.5) is 74.6 Å². The summed E-state index contributed by atoms with van der Waals surface area (Å²) in [4.78, 5) is 0. The van der Waals surface area contributed by atoms with Crippen LogP contribution in [-0.2, 0) is 10.3 Å². The fourth-order valence-corrected chi connectivity index (χ4v) is 3.82. The molecule has 0 aliphatic carbocycles. The molecule has 238 valence electrons. The molecule has 2 rings (SSSR count). The van der Waals surface area contributed by atoms with Crippen LogP contribution in [0.25, 0.3) is 11.1 Å². The molecule has 1 unspecified atom stereocenters. The molecule has 18 heteroatoms. The molecular formula is C24H17F17O. The van der Waals surface area contributed by atoms with Crippen molar-refractivity contribution in [2.45, 2.75) is 66.6 Å². The Morgan fingerprint density at radius 3 is 1.31 bits per heavy atom. The molecule has 0 saturated carbocycles. The molecule has 1 atom stereocenters. The quantitative estimate of drug-likeness (QED) is 0.222. The lowest BCUT2D eigenvalue weighted by Gasteiger charge is -2.44. The predicted molar refractivity (Wildman–Crippen MR) is 112 cm³/mol. The summed E-state index contributed by atoms with van der Waals surface area (Å²) in [6.45, 7) is 0.557. The van der Waals surface area contributed by atoms with Crippen LogP contribution in [0.5, 0.6) is 0 Å². The van der Waals surface area contributed by atoms with Crippen molar-refractivity contribution >= 4 is 0 Å². The Morgan fingerprint density at radius 2 is 0.881 bits per heavy atom. The maximum Gasteiger partial charge on any atom is 0.460 e. The summed E-state index contributed by atoms with van der Waals surface area (Å²) >= 11 is 0. The third-order valence-corrected chi connectivity index (χ3v) is 6.38. The summed E-state index contributed by atoms with van der Waals surface area (Å²) in [5.41, 5.74) is -3.22. The van der Waals surface area contributed by atoms with E-state index in [9.17, 15) is 74.6 Å². The minimum absolute atomic E-state index is 0.0702. The molecule has 0 N–H and O–H groups in total. The number of hydrogen-bond donors (Lipinski definition) is 0. The molecule has 0 heterocycles. The first kappa shape index (κ1) is 35.4. The van der Waals surface area contributed by atoms with E-state index in [0.717, 1.165) is 12.1 Å². The van der Waals surface area contributed by atoms with Gasteiger partial charge in [-0.1, -0.05) is 54.6 Å². The second-order valence-electron chi connectivity index (χ2n) is 9.17. The molecule has 0 radical (unpaired) electrons. The van der Waals surface area contributed by atoms with Gasteiger partial charge in [0.15, 0.2) is 0 Å². The lowest BCUT2D eigenvalue weighted by molar-refractivity contribution is -0.462. The predicted octanol–water partition coefficient (Wildman–Crippen LogP) is 9.61. The van der Waals surface area contributed by atoms with Gasteiger partial charge in [0.1, 0.15) is 0 Å². The minimum Gasteiger partial charge on any atom is -0.374 e. The highest BCUT2D eigenvalue weighted by atomic mass is 19.4. The van der Waals surface area contributed by atoms with E-state index in [4.69, 9.17) is 4.74 Å². The van der Waals surface area contributed by atoms with Crippen molar-refractivity contribution in [2.75, 3.05) is 7.11 Å². The summed E-state index contributed by atoms with van der Waals surface area (Å²) in [6.07, 6.45) is -10.6. The maximum absolute atomic E-state index is 14.8. The Morgan fingerprint density at radius 1 is 0.500 bits per heavy atom. The van der Waals surface area contributed by atoms with Gasteiger partial charge in [-0.25, -0.2) is 0 Å². The van der Waals surface area contributed by atoms with Crippen LogP contribution >= 0.6 is 0 Å². The van der Waals surface area contributed by atoms with Crippen molar-refractivity contribution < 1.29 is 79.4 Å². The molecule has 0 spiro atoms. The van der Waals surface area contributed by atoms with Gasteiger partial charge in [-0.2, -0.15) is 74.6 Å². The number of rotatable bonds is 11. The van der Waals surface area contributed by atoms with E-state index < -0.39 is 65.2 Å². The van der Waals surface area contributed by atoms with Crippen LogP contribution in [0.1, 0.15) is 18.9 Å². The Kier molecular flexibility index (Phi) is 8.80. The van der Waals surface area contributed by atoms with Gasteiger partial charge >= 0.3 is 47.6 Å². The monoisotopic (exact) mass is 644 g/mol. The van der Waals surface area contributed by atoms with E-state index in [1.54, 1.807) is 0 Å². The molecule has 0 bridgehead atoms. The smallest absolute Gasteiger partial charge is 0.374 e. The van der Waals surface area contributed by atoms with Gasteiger partial charge < -0.3 is 4.74 Å². The molecule has 0 aliphatic heterocycles. The number of alkyl halides is 17. The van der Waals surface area contributed by atoms with Gasteiger partial charge in [0.05, 0.1) is 12.0 Å². The Labute approximate surface area is 225 Å². The number of ether oxygens (including phenoxy) is 1. The molecule has 42 heavy (non-hydrogen) atoms. The van der Waals surface area contributed by atoms with E-state index in [2.05, 4.69) is 0 Å². The zero-order chi connectivity index (χ0) is 33.0. The van der Waals surface area contributed by atoms with Crippen molar-refractivity contribution in [2.24, 2.45) is 0 Å². The summed E-state index contributed by atoms with van der Waals surface area (Å²) < 4.78 is 237. The average Bonchev–Trinajstić information content (AvgIpc) is 2.87.